The zero-order valence-corrected chi connectivity index (χ0v) is 10.0. The van der Waals surface area contributed by atoms with Gasteiger partial charge in [0.25, 0.3) is 0 Å². The van der Waals surface area contributed by atoms with Crippen molar-refractivity contribution in [3.63, 3.8) is 0 Å². The Balaban J connectivity index is 2.34. The summed E-state index contributed by atoms with van der Waals surface area (Å²) in [5.41, 5.74) is 5.69. The second-order valence-corrected chi connectivity index (χ2v) is 4.01. The molecule has 0 aliphatic carbocycles. The minimum absolute atomic E-state index is 0.000593. The molecular formula is C13H10ClF2NO. The standard InChI is InChI=1S/C13H10ClF2NO/c14-10-5-4-8(6-12(10)16)18-13-3-1-2-11(15)9(13)7-17/h1-6H,7,17H2. The maximum absolute atomic E-state index is 13.4. The number of rotatable bonds is 3. The van der Waals surface area contributed by atoms with Crippen LogP contribution in [0.25, 0.3) is 0 Å². The molecule has 0 heterocycles. The number of halogens is 3. The third-order valence-electron chi connectivity index (χ3n) is 2.40. The average Bonchev–Trinajstić information content (AvgIpc) is 2.34. The van der Waals surface area contributed by atoms with E-state index in [1.807, 2.05) is 0 Å². The van der Waals surface area contributed by atoms with E-state index in [9.17, 15) is 8.78 Å². The Labute approximate surface area is 108 Å². The average molecular weight is 270 g/mol. The first-order valence-electron chi connectivity index (χ1n) is 5.22. The van der Waals surface area contributed by atoms with Crippen LogP contribution < -0.4 is 10.5 Å². The molecule has 5 heteroatoms. The van der Waals surface area contributed by atoms with Crippen LogP contribution in [0, 0.1) is 11.6 Å². The maximum atomic E-state index is 13.4. The van der Waals surface area contributed by atoms with Crippen LogP contribution in [-0.4, -0.2) is 0 Å². The van der Waals surface area contributed by atoms with Gasteiger partial charge in [0.15, 0.2) is 0 Å². The number of ether oxygens (including phenoxy) is 1. The van der Waals surface area contributed by atoms with Crippen LogP contribution in [0.15, 0.2) is 36.4 Å². The molecular weight excluding hydrogens is 260 g/mol. The van der Waals surface area contributed by atoms with Gasteiger partial charge in [-0.25, -0.2) is 8.78 Å². The van der Waals surface area contributed by atoms with E-state index < -0.39 is 11.6 Å². The van der Waals surface area contributed by atoms with Crippen molar-refractivity contribution in [2.45, 2.75) is 6.54 Å². The van der Waals surface area contributed by atoms with Crippen LogP contribution >= 0.6 is 11.6 Å². The van der Waals surface area contributed by atoms with Gasteiger partial charge >= 0.3 is 0 Å². The van der Waals surface area contributed by atoms with Gasteiger partial charge in [-0.05, 0) is 24.3 Å². The van der Waals surface area contributed by atoms with Gasteiger partial charge < -0.3 is 10.5 Å². The molecule has 0 aliphatic rings. The first-order chi connectivity index (χ1) is 8.61. The lowest BCUT2D eigenvalue weighted by molar-refractivity contribution is 0.462. The van der Waals surface area contributed by atoms with Gasteiger partial charge in [0.1, 0.15) is 23.1 Å². The molecule has 0 aliphatic heterocycles. The largest absolute Gasteiger partial charge is 0.457 e. The van der Waals surface area contributed by atoms with E-state index >= 15 is 0 Å². The molecule has 0 aromatic heterocycles. The van der Waals surface area contributed by atoms with Crippen molar-refractivity contribution in [2.75, 3.05) is 0 Å². The van der Waals surface area contributed by atoms with Crippen molar-refractivity contribution < 1.29 is 13.5 Å². The Morgan fingerprint density at radius 3 is 2.56 bits per heavy atom. The van der Waals surface area contributed by atoms with Gasteiger partial charge in [0.2, 0.25) is 0 Å². The monoisotopic (exact) mass is 269 g/mol. The molecule has 94 valence electrons. The number of hydrogen-bond acceptors (Lipinski definition) is 2. The van der Waals surface area contributed by atoms with Crippen LogP contribution in [-0.2, 0) is 6.54 Å². The minimum Gasteiger partial charge on any atom is -0.457 e. The highest BCUT2D eigenvalue weighted by Gasteiger charge is 2.09. The summed E-state index contributed by atoms with van der Waals surface area (Å²) >= 11 is 5.56. The van der Waals surface area contributed by atoms with Gasteiger partial charge in [0, 0.05) is 18.2 Å². The van der Waals surface area contributed by atoms with Crippen molar-refractivity contribution in [3.8, 4) is 11.5 Å². The van der Waals surface area contributed by atoms with E-state index in [1.165, 1.54) is 24.3 Å². The van der Waals surface area contributed by atoms with E-state index in [0.717, 1.165) is 6.07 Å². The molecule has 0 spiro atoms. The topological polar surface area (TPSA) is 35.2 Å². The Hall–Kier alpha value is -1.65. The van der Waals surface area contributed by atoms with Gasteiger partial charge in [-0.1, -0.05) is 17.7 Å². The lowest BCUT2D eigenvalue weighted by Crippen LogP contribution is -2.02. The first-order valence-corrected chi connectivity index (χ1v) is 5.60. The molecule has 2 aromatic carbocycles. The lowest BCUT2D eigenvalue weighted by atomic mass is 10.2. The Kier molecular flexibility index (Phi) is 3.79. The quantitative estimate of drug-likeness (QED) is 0.918. The molecule has 2 nitrogen and oxygen atoms in total. The maximum Gasteiger partial charge on any atom is 0.145 e. The van der Waals surface area contributed by atoms with Gasteiger partial charge in [0.05, 0.1) is 5.02 Å². The zero-order valence-electron chi connectivity index (χ0n) is 9.29. The lowest BCUT2D eigenvalue weighted by Gasteiger charge is -2.10. The van der Waals surface area contributed by atoms with E-state index in [-0.39, 0.29) is 28.6 Å². The third kappa shape index (κ3) is 2.60. The number of hydrogen-bond donors (Lipinski definition) is 1. The molecule has 18 heavy (non-hydrogen) atoms. The van der Waals surface area contributed by atoms with E-state index in [0.29, 0.717) is 0 Å². The Morgan fingerprint density at radius 2 is 1.89 bits per heavy atom. The molecule has 0 radical (unpaired) electrons. The molecule has 0 saturated heterocycles. The highest BCUT2D eigenvalue weighted by molar-refractivity contribution is 6.30. The summed E-state index contributed by atoms with van der Waals surface area (Å²) < 4.78 is 32.1. The summed E-state index contributed by atoms with van der Waals surface area (Å²) in [6.45, 7) is -0.00191. The first kappa shape index (κ1) is 12.8. The molecule has 0 unspecified atom stereocenters. The van der Waals surface area contributed by atoms with Crippen LogP contribution in [0.5, 0.6) is 11.5 Å². The van der Waals surface area contributed by atoms with Crippen LogP contribution in [0.3, 0.4) is 0 Å². The third-order valence-corrected chi connectivity index (χ3v) is 2.71. The second-order valence-electron chi connectivity index (χ2n) is 3.60. The molecule has 0 atom stereocenters. The molecule has 0 amide bonds. The zero-order chi connectivity index (χ0) is 13.1. The Bertz CT molecular complexity index is 575. The fourth-order valence-electron chi connectivity index (χ4n) is 1.50. The van der Waals surface area contributed by atoms with Crippen molar-refractivity contribution in [3.05, 3.63) is 58.6 Å². The highest BCUT2D eigenvalue weighted by Crippen LogP contribution is 2.28. The van der Waals surface area contributed by atoms with Crippen LogP contribution in [0.4, 0.5) is 8.78 Å². The summed E-state index contributed by atoms with van der Waals surface area (Å²) in [4.78, 5) is 0. The van der Waals surface area contributed by atoms with Crippen LogP contribution in [0.1, 0.15) is 5.56 Å². The van der Waals surface area contributed by atoms with Gasteiger partial charge in [-0.3, -0.25) is 0 Å². The second kappa shape index (κ2) is 5.33. The van der Waals surface area contributed by atoms with Gasteiger partial charge in [-0.2, -0.15) is 0 Å². The highest BCUT2D eigenvalue weighted by atomic mass is 35.5. The molecule has 2 rings (SSSR count). The normalized spacial score (nSPS) is 10.4. The molecule has 2 aromatic rings. The van der Waals surface area contributed by atoms with E-state index in [4.69, 9.17) is 22.1 Å². The number of benzene rings is 2. The predicted octanol–water partition coefficient (Wildman–Crippen LogP) is 3.87. The fraction of sp³-hybridized carbons (Fsp3) is 0.0769. The van der Waals surface area contributed by atoms with E-state index in [2.05, 4.69) is 0 Å². The number of nitrogens with two attached hydrogens (primary N) is 1. The van der Waals surface area contributed by atoms with Crippen molar-refractivity contribution >= 4 is 11.6 Å². The summed E-state index contributed by atoms with van der Waals surface area (Å²) in [6, 6.07) is 8.35. The summed E-state index contributed by atoms with van der Waals surface area (Å²) in [5, 5.41) is 0.000593. The molecule has 0 bridgehead atoms. The van der Waals surface area contributed by atoms with Gasteiger partial charge in [-0.15, -0.1) is 0 Å². The minimum atomic E-state index is -0.597. The SMILES string of the molecule is NCc1c(F)cccc1Oc1ccc(Cl)c(F)c1. The van der Waals surface area contributed by atoms with Crippen molar-refractivity contribution in [2.24, 2.45) is 5.73 Å². The summed E-state index contributed by atoms with van der Waals surface area (Å²) in [5.74, 6) is -0.555. The summed E-state index contributed by atoms with van der Waals surface area (Å²) in [7, 11) is 0. The van der Waals surface area contributed by atoms with E-state index in [1.54, 1.807) is 6.07 Å². The molecule has 2 N–H and O–H groups in total. The Morgan fingerprint density at radius 1 is 1.11 bits per heavy atom. The molecule has 0 saturated carbocycles. The fourth-order valence-corrected chi connectivity index (χ4v) is 1.62. The van der Waals surface area contributed by atoms with Crippen LogP contribution in [0.2, 0.25) is 5.02 Å². The summed E-state index contributed by atoms with van der Waals surface area (Å²) in [6.07, 6.45) is 0. The molecule has 0 fully saturated rings. The smallest absolute Gasteiger partial charge is 0.145 e. The van der Waals surface area contributed by atoms with Crippen molar-refractivity contribution in [1.29, 1.82) is 0 Å². The predicted molar refractivity (Wildman–Crippen MR) is 65.8 cm³/mol. The van der Waals surface area contributed by atoms with Crippen molar-refractivity contribution in [1.82, 2.24) is 0 Å².